The molecule has 0 bridgehead atoms. The van der Waals surface area contributed by atoms with E-state index in [0.717, 1.165) is 41.1 Å². The Bertz CT molecular complexity index is 1640. The number of aromatic nitrogens is 4. The number of halogens is 2. The van der Waals surface area contributed by atoms with Crippen molar-refractivity contribution in [2.75, 3.05) is 44.4 Å². The maximum atomic E-state index is 11.7. The Morgan fingerprint density at radius 1 is 1.05 bits per heavy atom. The first-order chi connectivity index (χ1) is 18.6. The van der Waals surface area contributed by atoms with Crippen molar-refractivity contribution in [2.24, 2.45) is 5.41 Å². The van der Waals surface area contributed by atoms with Crippen molar-refractivity contribution < 1.29 is 17.9 Å². The molecule has 2 saturated heterocycles. The number of anilines is 1. The number of nitrogens with zero attached hydrogens (tertiary/aromatic N) is 5. The van der Waals surface area contributed by atoms with Gasteiger partial charge in [0.05, 0.1) is 28.9 Å². The number of H-pyrrole nitrogens is 1. The monoisotopic (exact) mass is 588 g/mol. The molecule has 5 heterocycles. The van der Waals surface area contributed by atoms with Crippen LogP contribution in [0.15, 0.2) is 42.9 Å². The van der Waals surface area contributed by atoms with Gasteiger partial charge >= 0.3 is 0 Å². The van der Waals surface area contributed by atoms with Crippen LogP contribution in [0.2, 0.25) is 10.0 Å². The third-order valence-corrected chi connectivity index (χ3v) is 9.14. The van der Waals surface area contributed by atoms with Crippen molar-refractivity contribution in [1.82, 2.24) is 24.5 Å². The third-order valence-electron chi connectivity index (χ3n) is 7.34. The largest absolute Gasteiger partial charge is 0.493 e. The van der Waals surface area contributed by atoms with Crippen molar-refractivity contribution in [1.29, 1.82) is 0 Å². The number of hydrogen-bond donors (Lipinski definition) is 1. The van der Waals surface area contributed by atoms with Gasteiger partial charge in [-0.2, -0.15) is 5.10 Å². The van der Waals surface area contributed by atoms with E-state index in [2.05, 4.69) is 25.1 Å². The minimum Gasteiger partial charge on any atom is -0.493 e. The maximum Gasteiger partial charge on any atom is 0.211 e. The van der Waals surface area contributed by atoms with Crippen LogP contribution in [0.1, 0.15) is 18.6 Å². The van der Waals surface area contributed by atoms with Gasteiger partial charge in [-0.15, -0.1) is 0 Å². The topological polar surface area (TPSA) is 114 Å². The lowest BCUT2D eigenvalue weighted by Crippen LogP contribution is -2.73. The van der Waals surface area contributed by atoms with Crippen LogP contribution in [0.5, 0.6) is 11.5 Å². The fourth-order valence-electron chi connectivity index (χ4n) is 5.33. The minimum absolute atomic E-state index is 0.0408. The second kappa shape index (κ2) is 9.51. The zero-order valence-electron chi connectivity index (χ0n) is 21.5. The Hall–Kier alpha value is -3.12. The van der Waals surface area contributed by atoms with Gasteiger partial charge in [0.1, 0.15) is 17.6 Å². The third kappa shape index (κ3) is 4.67. The van der Waals surface area contributed by atoms with E-state index in [1.165, 1.54) is 23.0 Å². The summed E-state index contributed by atoms with van der Waals surface area (Å²) in [5, 5.41) is 9.28. The summed E-state index contributed by atoms with van der Waals surface area (Å²) in [7, 11) is -1.54. The molecule has 1 N–H and O–H groups in total. The molecule has 0 unspecified atom stereocenters. The average molecular weight is 590 g/mol. The van der Waals surface area contributed by atoms with E-state index in [1.54, 1.807) is 13.3 Å². The molecule has 204 valence electrons. The highest BCUT2D eigenvalue weighted by Crippen LogP contribution is 2.43. The van der Waals surface area contributed by atoms with Gasteiger partial charge < -0.3 is 14.4 Å². The molecule has 0 saturated carbocycles. The summed E-state index contributed by atoms with van der Waals surface area (Å²) in [5.74, 6) is 1.91. The van der Waals surface area contributed by atoms with E-state index >= 15 is 0 Å². The second-order valence-electron chi connectivity index (χ2n) is 10.2. The van der Waals surface area contributed by atoms with E-state index in [1.807, 2.05) is 31.2 Å². The summed E-state index contributed by atoms with van der Waals surface area (Å²) in [4.78, 5) is 10.8. The fourth-order valence-corrected chi connectivity index (χ4v) is 7.02. The van der Waals surface area contributed by atoms with Crippen molar-refractivity contribution >= 4 is 49.9 Å². The molecule has 2 aliphatic heterocycles. The number of sulfonamides is 1. The first-order valence-corrected chi connectivity index (χ1v) is 14.9. The molecule has 2 fully saturated rings. The highest BCUT2D eigenvalue weighted by molar-refractivity contribution is 7.88. The Labute approximate surface area is 235 Å². The highest BCUT2D eigenvalue weighted by Gasteiger charge is 2.54. The second-order valence-corrected chi connectivity index (χ2v) is 13.0. The van der Waals surface area contributed by atoms with E-state index < -0.39 is 16.1 Å². The van der Waals surface area contributed by atoms with Crippen LogP contribution < -0.4 is 14.4 Å². The zero-order chi connectivity index (χ0) is 27.5. The summed E-state index contributed by atoms with van der Waals surface area (Å²) < 4.78 is 36.8. The van der Waals surface area contributed by atoms with Crippen LogP contribution in [-0.2, 0) is 10.0 Å². The van der Waals surface area contributed by atoms with Gasteiger partial charge in [0.2, 0.25) is 10.0 Å². The lowest BCUT2D eigenvalue weighted by Gasteiger charge is -2.59. The average Bonchev–Trinajstić information content (AvgIpc) is 3.24. The number of methoxy groups -OCH3 is 1. The minimum atomic E-state index is -3.12. The molecule has 6 rings (SSSR count). The van der Waals surface area contributed by atoms with E-state index in [9.17, 15) is 8.42 Å². The van der Waals surface area contributed by atoms with Crippen LogP contribution in [0, 0.1) is 5.41 Å². The SMILES string of the molecule is COc1cc2[nH]nc(-c3ccc(N4CC5(C4)CN(S(C)(=O)=O)C5)nc3)c2cc1O[C@H](C)c1c(Cl)cncc1Cl. The molecule has 0 radical (unpaired) electrons. The predicted octanol–water partition coefficient (Wildman–Crippen LogP) is 4.56. The maximum absolute atomic E-state index is 11.7. The standard InChI is InChI=1S/C26H26Cl2N6O4S/c1-15(24-18(27)9-29-10-19(24)28)38-22-6-17-20(7-21(22)37-2)31-32-25(17)16-4-5-23(30-8-16)33-11-26(12-33)13-34(14-26)39(3,35)36/h4-10,15H,11-14H2,1-3H3,(H,31,32)/t15-/m1/s1. The molecule has 3 aromatic heterocycles. The number of rotatable bonds is 7. The molecule has 0 aliphatic carbocycles. The van der Waals surface area contributed by atoms with Crippen LogP contribution in [0.3, 0.4) is 0 Å². The summed E-state index contributed by atoms with van der Waals surface area (Å²) in [5.41, 5.74) is 3.04. The molecule has 10 nitrogen and oxygen atoms in total. The first-order valence-electron chi connectivity index (χ1n) is 12.2. The zero-order valence-corrected chi connectivity index (χ0v) is 23.8. The van der Waals surface area contributed by atoms with Crippen LogP contribution in [-0.4, -0.2) is 72.4 Å². The molecule has 39 heavy (non-hydrogen) atoms. The molecule has 1 atom stereocenters. The van der Waals surface area contributed by atoms with E-state index in [-0.39, 0.29) is 5.41 Å². The first kappa shape index (κ1) is 26.1. The molecule has 13 heteroatoms. The lowest BCUT2D eigenvalue weighted by molar-refractivity contribution is 0.0395. The Morgan fingerprint density at radius 2 is 1.77 bits per heavy atom. The normalized spacial score (nSPS) is 17.6. The van der Waals surface area contributed by atoms with E-state index in [0.29, 0.717) is 40.2 Å². The van der Waals surface area contributed by atoms with Gasteiger partial charge in [0.15, 0.2) is 11.5 Å². The van der Waals surface area contributed by atoms with Gasteiger partial charge in [-0.1, -0.05) is 23.2 Å². The molecular formula is C26H26Cl2N6O4S. The molecule has 1 aromatic carbocycles. The lowest BCUT2D eigenvalue weighted by atomic mass is 9.74. The Morgan fingerprint density at radius 3 is 2.38 bits per heavy atom. The van der Waals surface area contributed by atoms with Gasteiger partial charge in [0.25, 0.3) is 0 Å². The van der Waals surface area contributed by atoms with Crippen molar-refractivity contribution in [3.05, 3.63) is 58.5 Å². The smallest absolute Gasteiger partial charge is 0.211 e. The summed E-state index contributed by atoms with van der Waals surface area (Å²) >= 11 is 12.7. The van der Waals surface area contributed by atoms with Crippen LogP contribution in [0.25, 0.3) is 22.2 Å². The van der Waals surface area contributed by atoms with E-state index in [4.69, 9.17) is 32.7 Å². The number of nitrogens with one attached hydrogen (secondary N) is 1. The van der Waals surface area contributed by atoms with Crippen LogP contribution in [0.4, 0.5) is 5.82 Å². The van der Waals surface area contributed by atoms with Crippen molar-refractivity contribution in [2.45, 2.75) is 13.0 Å². The van der Waals surface area contributed by atoms with Gasteiger partial charge in [-0.05, 0) is 25.1 Å². The van der Waals surface area contributed by atoms with Gasteiger partial charge in [-0.25, -0.2) is 17.7 Å². The molecule has 1 spiro atoms. The number of hydrogen-bond acceptors (Lipinski definition) is 8. The molecule has 4 aromatic rings. The summed E-state index contributed by atoms with van der Waals surface area (Å²) in [6.07, 6.45) is 5.65. The van der Waals surface area contributed by atoms with Crippen LogP contribution >= 0.6 is 23.2 Å². The quantitative estimate of drug-likeness (QED) is 0.334. The summed E-state index contributed by atoms with van der Waals surface area (Å²) in [6.45, 7) is 4.59. The number of pyridine rings is 2. The molecular weight excluding hydrogens is 563 g/mol. The Balaban J connectivity index is 1.22. The molecule has 0 amide bonds. The van der Waals surface area contributed by atoms with Gasteiger partial charge in [-0.3, -0.25) is 10.1 Å². The predicted molar refractivity (Wildman–Crippen MR) is 150 cm³/mol. The Kier molecular flexibility index (Phi) is 6.37. The number of ether oxygens (including phenoxy) is 2. The number of aromatic amines is 1. The summed E-state index contributed by atoms with van der Waals surface area (Å²) in [6, 6.07) is 7.66. The van der Waals surface area contributed by atoms with Crippen molar-refractivity contribution in [3.8, 4) is 22.8 Å². The van der Waals surface area contributed by atoms with Gasteiger partial charge in [0, 0.05) is 72.8 Å². The fraction of sp³-hybridized carbons (Fsp3) is 0.346. The number of benzene rings is 1. The molecule has 2 aliphatic rings. The number of fused-ring (bicyclic) bond motifs is 1. The highest BCUT2D eigenvalue weighted by atomic mass is 35.5. The van der Waals surface area contributed by atoms with Crippen molar-refractivity contribution in [3.63, 3.8) is 0 Å².